The molecule has 0 bridgehead atoms. The molecule has 3 heteroatoms. The second kappa shape index (κ2) is 3.80. The van der Waals surface area contributed by atoms with Crippen LogP contribution in [0.15, 0.2) is 0 Å². The average Bonchev–Trinajstić information content (AvgIpc) is 2.92. The van der Waals surface area contributed by atoms with Gasteiger partial charge in [0, 0.05) is 25.2 Å². The summed E-state index contributed by atoms with van der Waals surface area (Å²) in [6, 6.07) is 1.56. The maximum absolute atomic E-state index is 5.87. The molecule has 3 rings (SSSR count). The molecule has 80 valence electrons. The molecule has 14 heavy (non-hydrogen) atoms. The first kappa shape index (κ1) is 9.13. The number of morpholine rings is 1. The third-order valence-electron chi connectivity index (χ3n) is 3.67. The van der Waals surface area contributed by atoms with E-state index in [1.54, 1.807) is 0 Å². The van der Waals surface area contributed by atoms with Gasteiger partial charge in [-0.1, -0.05) is 0 Å². The Morgan fingerprint density at radius 1 is 1.29 bits per heavy atom. The predicted molar refractivity (Wildman–Crippen MR) is 55.4 cm³/mol. The summed E-state index contributed by atoms with van der Waals surface area (Å²) in [5.74, 6) is 0. The Hall–Kier alpha value is -0.120. The summed E-state index contributed by atoms with van der Waals surface area (Å²) in [5, 5.41) is 3.55. The number of nitrogens with one attached hydrogen (secondary N) is 1. The minimum absolute atomic E-state index is 0.449. The van der Waals surface area contributed by atoms with E-state index in [0.29, 0.717) is 6.10 Å². The van der Waals surface area contributed by atoms with E-state index in [-0.39, 0.29) is 0 Å². The van der Waals surface area contributed by atoms with Crippen LogP contribution in [-0.2, 0) is 4.74 Å². The Morgan fingerprint density at radius 3 is 3.07 bits per heavy atom. The Labute approximate surface area is 85.8 Å². The van der Waals surface area contributed by atoms with Gasteiger partial charge in [0.25, 0.3) is 0 Å². The zero-order valence-corrected chi connectivity index (χ0v) is 8.74. The zero-order chi connectivity index (χ0) is 9.38. The van der Waals surface area contributed by atoms with Crippen molar-refractivity contribution in [2.45, 2.75) is 43.9 Å². The van der Waals surface area contributed by atoms with Gasteiger partial charge in [-0.3, -0.25) is 4.90 Å². The fourth-order valence-electron chi connectivity index (χ4n) is 2.59. The van der Waals surface area contributed by atoms with Crippen LogP contribution in [0.4, 0.5) is 0 Å². The summed E-state index contributed by atoms with van der Waals surface area (Å²) in [6.45, 7) is 4.49. The van der Waals surface area contributed by atoms with Gasteiger partial charge in [-0.15, -0.1) is 0 Å². The minimum atomic E-state index is 0.449. The van der Waals surface area contributed by atoms with Gasteiger partial charge in [-0.2, -0.15) is 0 Å². The number of nitrogens with zero attached hydrogens (tertiary/aromatic N) is 1. The zero-order valence-electron chi connectivity index (χ0n) is 8.74. The summed E-state index contributed by atoms with van der Waals surface area (Å²) in [7, 11) is 0. The van der Waals surface area contributed by atoms with Gasteiger partial charge in [0.05, 0.1) is 12.7 Å². The number of fused-ring (bicyclic) bond motifs is 1. The summed E-state index contributed by atoms with van der Waals surface area (Å²) >= 11 is 0. The molecule has 2 aliphatic heterocycles. The highest BCUT2D eigenvalue weighted by atomic mass is 16.5. The second-order valence-corrected chi connectivity index (χ2v) is 4.93. The van der Waals surface area contributed by atoms with Crippen LogP contribution < -0.4 is 5.32 Å². The molecule has 3 aliphatic rings. The quantitative estimate of drug-likeness (QED) is 0.715. The molecule has 2 atom stereocenters. The molecular weight excluding hydrogens is 176 g/mol. The highest BCUT2D eigenvalue weighted by Crippen LogP contribution is 2.23. The van der Waals surface area contributed by atoms with Crippen LogP contribution in [0.1, 0.15) is 25.7 Å². The maximum Gasteiger partial charge on any atom is 0.0827 e. The Morgan fingerprint density at radius 2 is 2.21 bits per heavy atom. The standard InChI is InChI=1S/C11H20N2O/c1-2-10-8-14-11(7-13(10)5-1)6-12-9-3-4-9/h9-12H,1-8H2. The maximum atomic E-state index is 5.87. The van der Waals surface area contributed by atoms with Crippen LogP contribution in [0, 0.1) is 0 Å². The fourth-order valence-corrected chi connectivity index (χ4v) is 2.59. The first-order valence-corrected chi connectivity index (χ1v) is 6.01. The topological polar surface area (TPSA) is 24.5 Å². The normalized spacial score (nSPS) is 38.6. The van der Waals surface area contributed by atoms with Crippen LogP contribution in [0.2, 0.25) is 0 Å². The third kappa shape index (κ3) is 1.95. The molecular formula is C11H20N2O. The smallest absolute Gasteiger partial charge is 0.0827 e. The molecule has 0 aromatic rings. The highest BCUT2D eigenvalue weighted by molar-refractivity contribution is 4.88. The van der Waals surface area contributed by atoms with Crippen LogP contribution in [-0.4, -0.2) is 49.3 Å². The van der Waals surface area contributed by atoms with Crippen molar-refractivity contribution in [3.8, 4) is 0 Å². The first-order chi connectivity index (χ1) is 6.92. The van der Waals surface area contributed by atoms with Gasteiger partial charge in [-0.05, 0) is 32.2 Å². The van der Waals surface area contributed by atoms with E-state index in [1.807, 2.05) is 0 Å². The average molecular weight is 196 g/mol. The van der Waals surface area contributed by atoms with E-state index in [0.717, 1.165) is 31.8 Å². The second-order valence-electron chi connectivity index (χ2n) is 4.93. The van der Waals surface area contributed by atoms with Gasteiger partial charge in [0.1, 0.15) is 0 Å². The number of rotatable bonds is 3. The number of ether oxygens (including phenoxy) is 1. The molecule has 2 saturated heterocycles. The van der Waals surface area contributed by atoms with E-state index in [2.05, 4.69) is 10.2 Å². The molecule has 2 unspecified atom stereocenters. The Kier molecular flexibility index (Phi) is 2.48. The fraction of sp³-hybridized carbons (Fsp3) is 1.00. The van der Waals surface area contributed by atoms with E-state index in [1.165, 1.54) is 32.2 Å². The van der Waals surface area contributed by atoms with Crippen molar-refractivity contribution >= 4 is 0 Å². The van der Waals surface area contributed by atoms with Crippen molar-refractivity contribution in [3.05, 3.63) is 0 Å². The molecule has 0 radical (unpaired) electrons. The molecule has 0 aromatic heterocycles. The summed E-state index contributed by atoms with van der Waals surface area (Å²) in [4.78, 5) is 2.61. The van der Waals surface area contributed by atoms with Gasteiger partial charge in [0.2, 0.25) is 0 Å². The van der Waals surface area contributed by atoms with E-state index in [4.69, 9.17) is 4.74 Å². The molecule has 0 amide bonds. The van der Waals surface area contributed by atoms with Crippen molar-refractivity contribution in [3.63, 3.8) is 0 Å². The van der Waals surface area contributed by atoms with Crippen LogP contribution in [0.3, 0.4) is 0 Å². The molecule has 0 aromatic carbocycles. The monoisotopic (exact) mass is 196 g/mol. The van der Waals surface area contributed by atoms with Gasteiger partial charge in [0.15, 0.2) is 0 Å². The van der Waals surface area contributed by atoms with Crippen molar-refractivity contribution in [2.75, 3.05) is 26.2 Å². The lowest BCUT2D eigenvalue weighted by atomic mass is 10.2. The molecule has 2 heterocycles. The van der Waals surface area contributed by atoms with Crippen molar-refractivity contribution in [1.82, 2.24) is 10.2 Å². The summed E-state index contributed by atoms with van der Waals surface area (Å²) in [6.07, 6.45) is 5.92. The Bertz CT molecular complexity index is 205. The molecule has 1 N–H and O–H groups in total. The lowest BCUT2D eigenvalue weighted by Gasteiger charge is -2.35. The largest absolute Gasteiger partial charge is 0.374 e. The van der Waals surface area contributed by atoms with Gasteiger partial charge < -0.3 is 10.1 Å². The molecule has 3 fully saturated rings. The molecule has 3 nitrogen and oxygen atoms in total. The van der Waals surface area contributed by atoms with Crippen molar-refractivity contribution in [1.29, 1.82) is 0 Å². The lowest BCUT2D eigenvalue weighted by Crippen LogP contribution is -2.49. The van der Waals surface area contributed by atoms with E-state index < -0.39 is 0 Å². The first-order valence-electron chi connectivity index (χ1n) is 6.01. The van der Waals surface area contributed by atoms with Crippen LogP contribution >= 0.6 is 0 Å². The Balaban J connectivity index is 1.46. The summed E-state index contributed by atoms with van der Waals surface area (Å²) in [5.41, 5.74) is 0. The molecule has 1 saturated carbocycles. The minimum Gasteiger partial charge on any atom is -0.374 e. The summed E-state index contributed by atoms with van der Waals surface area (Å²) < 4.78 is 5.87. The molecule has 1 aliphatic carbocycles. The predicted octanol–water partition coefficient (Wildman–Crippen LogP) is 0.602. The SMILES string of the molecule is C1CC2COC(CNC3CC3)CN2C1. The van der Waals surface area contributed by atoms with E-state index >= 15 is 0 Å². The number of hydrogen-bond acceptors (Lipinski definition) is 3. The number of hydrogen-bond donors (Lipinski definition) is 1. The van der Waals surface area contributed by atoms with Crippen LogP contribution in [0.5, 0.6) is 0 Å². The van der Waals surface area contributed by atoms with Crippen molar-refractivity contribution in [2.24, 2.45) is 0 Å². The van der Waals surface area contributed by atoms with Gasteiger partial charge in [-0.25, -0.2) is 0 Å². The van der Waals surface area contributed by atoms with E-state index in [9.17, 15) is 0 Å². The lowest BCUT2D eigenvalue weighted by molar-refractivity contribution is -0.0470. The highest BCUT2D eigenvalue weighted by Gasteiger charge is 2.32. The van der Waals surface area contributed by atoms with Gasteiger partial charge >= 0.3 is 0 Å². The third-order valence-corrected chi connectivity index (χ3v) is 3.67. The van der Waals surface area contributed by atoms with Crippen LogP contribution in [0.25, 0.3) is 0 Å². The molecule has 0 spiro atoms. The van der Waals surface area contributed by atoms with Crippen molar-refractivity contribution < 1.29 is 4.74 Å².